The average Bonchev–Trinajstić information content (AvgIpc) is 2.52. The van der Waals surface area contributed by atoms with Crippen LogP contribution in [-0.4, -0.2) is 40.1 Å². The van der Waals surface area contributed by atoms with Gasteiger partial charge in [0, 0.05) is 13.2 Å². The van der Waals surface area contributed by atoms with E-state index < -0.39 is 0 Å². The Balaban J connectivity index is 2.44. The summed E-state index contributed by atoms with van der Waals surface area (Å²) in [5, 5.41) is 9.94. The van der Waals surface area contributed by atoms with Gasteiger partial charge in [-0.05, 0) is 18.6 Å². The summed E-state index contributed by atoms with van der Waals surface area (Å²) < 4.78 is 6.09. The maximum Gasteiger partial charge on any atom is 0.316 e. The van der Waals surface area contributed by atoms with Crippen LogP contribution >= 0.6 is 11.8 Å². The number of hydrogen-bond donors (Lipinski definition) is 1. The number of carbonyl (C=O) groups is 1. The number of thioether (sulfide) groups is 1. The minimum atomic E-state index is -0.379. The molecule has 0 radical (unpaired) electrons. The van der Waals surface area contributed by atoms with Crippen LogP contribution in [0.25, 0.3) is 10.9 Å². The zero-order valence-corrected chi connectivity index (χ0v) is 12.4. The summed E-state index contributed by atoms with van der Waals surface area (Å²) >= 11 is 1.15. The van der Waals surface area contributed by atoms with E-state index in [9.17, 15) is 9.59 Å². The Kier molecular flexibility index (Phi) is 5.35. The highest BCUT2D eigenvalue weighted by Crippen LogP contribution is 2.18. The van der Waals surface area contributed by atoms with Gasteiger partial charge in [0.05, 0.1) is 23.8 Å². The Morgan fingerprint density at radius 1 is 1.43 bits per heavy atom. The largest absolute Gasteiger partial charge is 0.468 e. The number of methoxy groups -OCH3 is 1. The van der Waals surface area contributed by atoms with E-state index >= 15 is 0 Å². The van der Waals surface area contributed by atoms with Crippen LogP contribution in [0.5, 0.6) is 0 Å². The third-order valence-electron chi connectivity index (χ3n) is 2.91. The lowest BCUT2D eigenvalue weighted by atomic mass is 10.2. The fraction of sp³-hybridized carbons (Fsp3) is 0.357. The molecule has 2 rings (SSSR count). The van der Waals surface area contributed by atoms with Crippen LogP contribution in [0, 0.1) is 0 Å². The molecule has 0 aliphatic rings. The van der Waals surface area contributed by atoms with Gasteiger partial charge in [-0.1, -0.05) is 23.9 Å². The summed E-state index contributed by atoms with van der Waals surface area (Å²) in [6.07, 6.45) is 0.450. The van der Waals surface area contributed by atoms with Crippen LogP contribution in [0.15, 0.2) is 34.2 Å². The molecule has 0 aliphatic carbocycles. The molecule has 7 heteroatoms. The van der Waals surface area contributed by atoms with Gasteiger partial charge >= 0.3 is 5.97 Å². The van der Waals surface area contributed by atoms with Gasteiger partial charge in [0.25, 0.3) is 5.56 Å². The highest BCUT2D eigenvalue weighted by atomic mass is 32.2. The maximum absolute atomic E-state index is 12.5. The number of para-hydroxylation sites is 1. The van der Waals surface area contributed by atoms with Crippen LogP contribution < -0.4 is 5.56 Å². The first-order valence-corrected chi connectivity index (χ1v) is 7.46. The number of aromatic nitrogens is 2. The molecule has 112 valence electrons. The second-order valence-corrected chi connectivity index (χ2v) is 5.25. The van der Waals surface area contributed by atoms with E-state index in [1.54, 1.807) is 18.2 Å². The average molecular weight is 308 g/mol. The molecular formula is C14H16N2O4S. The molecule has 0 fully saturated rings. The molecule has 0 bridgehead atoms. The van der Waals surface area contributed by atoms with Crippen LogP contribution in [0.2, 0.25) is 0 Å². The molecule has 0 saturated heterocycles. The van der Waals surface area contributed by atoms with Gasteiger partial charge in [-0.2, -0.15) is 0 Å². The minimum Gasteiger partial charge on any atom is -0.468 e. The smallest absolute Gasteiger partial charge is 0.316 e. The fourth-order valence-electron chi connectivity index (χ4n) is 1.87. The first-order chi connectivity index (χ1) is 10.2. The zero-order valence-electron chi connectivity index (χ0n) is 11.6. The van der Waals surface area contributed by atoms with Gasteiger partial charge < -0.3 is 9.84 Å². The monoisotopic (exact) mass is 308 g/mol. The molecule has 0 unspecified atom stereocenters. The molecule has 1 aromatic heterocycles. The number of esters is 1. The van der Waals surface area contributed by atoms with E-state index in [1.165, 1.54) is 11.7 Å². The summed E-state index contributed by atoms with van der Waals surface area (Å²) in [5.74, 6) is -0.295. The van der Waals surface area contributed by atoms with Crippen LogP contribution in [0.4, 0.5) is 0 Å². The molecule has 6 nitrogen and oxygen atoms in total. The molecule has 0 spiro atoms. The van der Waals surface area contributed by atoms with E-state index in [0.717, 1.165) is 11.8 Å². The lowest BCUT2D eigenvalue weighted by Crippen LogP contribution is -2.24. The predicted octanol–water partition coefficient (Wildman–Crippen LogP) is 1.04. The van der Waals surface area contributed by atoms with Crippen molar-refractivity contribution in [2.75, 3.05) is 19.5 Å². The number of carbonyl (C=O) groups excluding carboxylic acids is 1. The minimum absolute atomic E-state index is 0.0135. The van der Waals surface area contributed by atoms with Crippen molar-refractivity contribution in [1.29, 1.82) is 0 Å². The van der Waals surface area contributed by atoms with Gasteiger partial charge in [-0.25, -0.2) is 4.98 Å². The molecule has 0 amide bonds. The molecule has 0 atom stereocenters. The van der Waals surface area contributed by atoms with Crippen LogP contribution in [0.1, 0.15) is 6.42 Å². The quantitative estimate of drug-likeness (QED) is 0.488. The van der Waals surface area contributed by atoms with Gasteiger partial charge in [-0.3, -0.25) is 14.2 Å². The number of aliphatic hydroxyl groups excluding tert-OH is 1. The second kappa shape index (κ2) is 7.24. The summed E-state index contributed by atoms with van der Waals surface area (Å²) in [7, 11) is 1.32. The molecule has 1 N–H and O–H groups in total. The molecule has 21 heavy (non-hydrogen) atoms. The number of rotatable bonds is 6. The first kappa shape index (κ1) is 15.5. The SMILES string of the molecule is COC(=O)CSc1nc2ccccc2c(=O)n1CCCO. The van der Waals surface area contributed by atoms with Crippen molar-refractivity contribution in [3.8, 4) is 0 Å². The van der Waals surface area contributed by atoms with Crippen LogP contribution in [-0.2, 0) is 16.1 Å². The number of aliphatic hydroxyl groups is 1. The Morgan fingerprint density at radius 2 is 2.19 bits per heavy atom. The molecular weight excluding hydrogens is 292 g/mol. The predicted molar refractivity (Wildman–Crippen MR) is 80.4 cm³/mol. The third kappa shape index (κ3) is 3.62. The summed E-state index contributed by atoms with van der Waals surface area (Å²) in [6.45, 7) is 0.344. The Bertz CT molecular complexity index is 699. The van der Waals surface area contributed by atoms with E-state index in [1.807, 2.05) is 6.07 Å². The maximum atomic E-state index is 12.5. The van der Waals surface area contributed by atoms with Crippen molar-refractivity contribution in [3.63, 3.8) is 0 Å². The summed E-state index contributed by atoms with van der Waals surface area (Å²) in [4.78, 5) is 28.2. The van der Waals surface area contributed by atoms with Crippen molar-refractivity contribution in [3.05, 3.63) is 34.6 Å². The summed E-state index contributed by atoms with van der Waals surface area (Å²) in [6, 6.07) is 7.06. The van der Waals surface area contributed by atoms with Gasteiger partial charge in [0.15, 0.2) is 5.16 Å². The van der Waals surface area contributed by atoms with E-state index in [2.05, 4.69) is 9.72 Å². The number of hydrogen-bond acceptors (Lipinski definition) is 6. The van der Waals surface area contributed by atoms with Crippen molar-refractivity contribution >= 4 is 28.6 Å². The Morgan fingerprint density at radius 3 is 2.90 bits per heavy atom. The van der Waals surface area contributed by atoms with Crippen molar-refractivity contribution in [2.24, 2.45) is 0 Å². The first-order valence-electron chi connectivity index (χ1n) is 6.47. The zero-order chi connectivity index (χ0) is 15.2. The van der Waals surface area contributed by atoms with E-state index in [-0.39, 0.29) is 23.9 Å². The molecule has 2 aromatic rings. The van der Waals surface area contributed by atoms with E-state index in [4.69, 9.17) is 5.11 Å². The van der Waals surface area contributed by atoms with Crippen molar-refractivity contribution < 1.29 is 14.6 Å². The topological polar surface area (TPSA) is 81.4 Å². The van der Waals surface area contributed by atoms with Crippen molar-refractivity contribution in [1.82, 2.24) is 9.55 Å². The fourth-order valence-corrected chi connectivity index (χ4v) is 2.72. The Labute approximate surface area is 125 Å². The van der Waals surface area contributed by atoms with Crippen LogP contribution in [0.3, 0.4) is 0 Å². The number of benzene rings is 1. The third-order valence-corrected chi connectivity index (χ3v) is 3.86. The highest BCUT2D eigenvalue weighted by molar-refractivity contribution is 7.99. The summed E-state index contributed by atoms with van der Waals surface area (Å²) in [5.41, 5.74) is 0.427. The van der Waals surface area contributed by atoms with Crippen molar-refractivity contribution in [2.45, 2.75) is 18.1 Å². The molecule has 1 heterocycles. The van der Waals surface area contributed by atoms with E-state index in [0.29, 0.717) is 29.0 Å². The normalized spacial score (nSPS) is 10.8. The highest BCUT2D eigenvalue weighted by Gasteiger charge is 2.12. The number of nitrogens with zero attached hydrogens (tertiary/aromatic N) is 2. The van der Waals surface area contributed by atoms with Gasteiger partial charge in [-0.15, -0.1) is 0 Å². The standard InChI is InChI=1S/C14H16N2O4S/c1-20-12(18)9-21-14-15-11-6-3-2-5-10(11)13(19)16(14)7-4-8-17/h2-3,5-6,17H,4,7-9H2,1H3. The van der Waals surface area contributed by atoms with Gasteiger partial charge in [0.1, 0.15) is 0 Å². The number of ether oxygens (including phenoxy) is 1. The lowest BCUT2D eigenvalue weighted by Gasteiger charge is -2.12. The molecule has 1 aromatic carbocycles. The Hall–Kier alpha value is -1.86. The molecule has 0 saturated carbocycles. The second-order valence-electron chi connectivity index (χ2n) is 4.31. The van der Waals surface area contributed by atoms with Gasteiger partial charge in [0.2, 0.25) is 0 Å². The molecule has 0 aliphatic heterocycles. The lowest BCUT2D eigenvalue weighted by molar-refractivity contribution is -0.137. The number of fused-ring (bicyclic) bond motifs is 1.